The Morgan fingerprint density at radius 2 is 2.00 bits per heavy atom. The second-order valence-electron chi connectivity index (χ2n) is 6.25. The second kappa shape index (κ2) is 8.50. The van der Waals surface area contributed by atoms with Crippen molar-refractivity contribution < 1.29 is 22.7 Å². The van der Waals surface area contributed by atoms with Crippen LogP contribution in [0.3, 0.4) is 0 Å². The van der Waals surface area contributed by atoms with E-state index in [2.05, 4.69) is 15.4 Å². The van der Waals surface area contributed by atoms with Gasteiger partial charge in [0.15, 0.2) is 0 Å². The third kappa shape index (κ3) is 5.18. The molecule has 8 nitrogen and oxygen atoms in total. The monoisotopic (exact) mass is 383 g/mol. The fraction of sp³-hybridized carbons (Fsp3) is 0.529. The first kappa shape index (κ1) is 20.2. The number of sulfonamides is 1. The molecule has 1 atom stereocenters. The molecule has 26 heavy (non-hydrogen) atoms. The van der Waals surface area contributed by atoms with Gasteiger partial charge in [0.2, 0.25) is 15.9 Å². The lowest BCUT2D eigenvalue weighted by Gasteiger charge is -2.15. The molecule has 2 rings (SSSR count). The Labute approximate surface area is 153 Å². The number of carbonyl (C=O) groups excluding carboxylic acids is 2. The molecular weight excluding hydrogens is 358 g/mol. The van der Waals surface area contributed by atoms with Crippen molar-refractivity contribution in [2.45, 2.75) is 50.1 Å². The molecule has 1 fully saturated rings. The predicted molar refractivity (Wildman–Crippen MR) is 96.6 cm³/mol. The van der Waals surface area contributed by atoms with Gasteiger partial charge in [-0.05, 0) is 44.4 Å². The Morgan fingerprint density at radius 1 is 1.31 bits per heavy atom. The van der Waals surface area contributed by atoms with Crippen molar-refractivity contribution in [1.82, 2.24) is 15.4 Å². The van der Waals surface area contributed by atoms with E-state index in [0.717, 1.165) is 19.3 Å². The van der Waals surface area contributed by atoms with E-state index >= 15 is 0 Å². The summed E-state index contributed by atoms with van der Waals surface area (Å²) in [6, 6.07) is 3.35. The summed E-state index contributed by atoms with van der Waals surface area (Å²) >= 11 is 0. The van der Waals surface area contributed by atoms with Gasteiger partial charge in [0, 0.05) is 18.2 Å². The van der Waals surface area contributed by atoms with Crippen molar-refractivity contribution in [2.24, 2.45) is 0 Å². The summed E-state index contributed by atoms with van der Waals surface area (Å²) in [4.78, 5) is 24.2. The Kier molecular flexibility index (Phi) is 6.60. The zero-order valence-corrected chi connectivity index (χ0v) is 16.0. The number of benzene rings is 1. The van der Waals surface area contributed by atoms with Crippen molar-refractivity contribution in [3.05, 3.63) is 23.8 Å². The molecule has 0 saturated heterocycles. The van der Waals surface area contributed by atoms with Crippen molar-refractivity contribution in [3.63, 3.8) is 0 Å². The molecule has 1 aromatic carbocycles. The molecule has 9 heteroatoms. The van der Waals surface area contributed by atoms with Crippen LogP contribution in [0, 0.1) is 0 Å². The lowest BCUT2D eigenvalue weighted by molar-refractivity contribution is -0.122. The van der Waals surface area contributed by atoms with E-state index in [1.54, 1.807) is 6.92 Å². The lowest BCUT2D eigenvalue weighted by atomic mass is 10.2. The third-order valence-electron chi connectivity index (χ3n) is 3.90. The van der Waals surface area contributed by atoms with E-state index < -0.39 is 22.0 Å². The molecule has 0 radical (unpaired) electrons. The first-order valence-corrected chi connectivity index (χ1v) is 10.1. The SMILES string of the molecule is CCCNC(=O)[C@@H](C)NC(=O)c1ccc(OC)c(S(=O)(=O)NC2CC2)c1. The average molecular weight is 383 g/mol. The minimum absolute atomic E-state index is 0.0653. The summed E-state index contributed by atoms with van der Waals surface area (Å²) in [5, 5.41) is 5.26. The maximum Gasteiger partial charge on any atom is 0.251 e. The molecule has 0 aliphatic heterocycles. The first-order valence-electron chi connectivity index (χ1n) is 8.57. The van der Waals surface area contributed by atoms with E-state index in [-0.39, 0.29) is 28.2 Å². The third-order valence-corrected chi connectivity index (χ3v) is 5.45. The largest absolute Gasteiger partial charge is 0.495 e. The van der Waals surface area contributed by atoms with Crippen LogP contribution in [0.1, 0.15) is 43.5 Å². The van der Waals surface area contributed by atoms with E-state index in [0.29, 0.717) is 6.54 Å². The van der Waals surface area contributed by atoms with Crippen molar-refractivity contribution >= 4 is 21.8 Å². The van der Waals surface area contributed by atoms with Gasteiger partial charge in [0.1, 0.15) is 16.7 Å². The molecule has 0 spiro atoms. The van der Waals surface area contributed by atoms with Crippen LogP contribution in [0.4, 0.5) is 0 Å². The Balaban J connectivity index is 2.17. The molecular formula is C17H25N3O5S. The van der Waals surface area contributed by atoms with Gasteiger partial charge < -0.3 is 15.4 Å². The Hall–Kier alpha value is -2.13. The summed E-state index contributed by atoms with van der Waals surface area (Å²) in [6.45, 7) is 4.02. The summed E-state index contributed by atoms with van der Waals surface area (Å²) in [6.07, 6.45) is 2.39. The highest BCUT2D eigenvalue weighted by Gasteiger charge is 2.30. The van der Waals surface area contributed by atoms with Gasteiger partial charge in [0.25, 0.3) is 5.91 Å². The van der Waals surface area contributed by atoms with Gasteiger partial charge in [0.05, 0.1) is 7.11 Å². The number of carbonyl (C=O) groups is 2. The smallest absolute Gasteiger partial charge is 0.251 e. The zero-order chi connectivity index (χ0) is 19.3. The maximum atomic E-state index is 12.5. The molecule has 3 N–H and O–H groups in total. The molecule has 1 saturated carbocycles. The fourth-order valence-corrected chi connectivity index (χ4v) is 3.76. The highest BCUT2D eigenvalue weighted by Crippen LogP contribution is 2.28. The maximum absolute atomic E-state index is 12.5. The molecule has 0 bridgehead atoms. The number of rotatable bonds is 9. The van der Waals surface area contributed by atoms with E-state index in [1.165, 1.54) is 25.3 Å². The van der Waals surface area contributed by atoms with E-state index in [9.17, 15) is 18.0 Å². The Bertz CT molecular complexity index is 775. The zero-order valence-electron chi connectivity index (χ0n) is 15.2. The van der Waals surface area contributed by atoms with Crippen molar-refractivity contribution in [2.75, 3.05) is 13.7 Å². The van der Waals surface area contributed by atoms with Gasteiger partial charge in [-0.25, -0.2) is 13.1 Å². The van der Waals surface area contributed by atoms with Crippen LogP contribution in [0.15, 0.2) is 23.1 Å². The highest BCUT2D eigenvalue weighted by molar-refractivity contribution is 7.89. The predicted octanol–water partition coefficient (Wildman–Crippen LogP) is 0.780. The van der Waals surface area contributed by atoms with Gasteiger partial charge in [-0.1, -0.05) is 6.92 Å². The first-order chi connectivity index (χ1) is 12.3. The Morgan fingerprint density at radius 3 is 2.58 bits per heavy atom. The molecule has 0 heterocycles. The minimum atomic E-state index is -3.79. The molecule has 1 aliphatic rings. The summed E-state index contributed by atoms with van der Waals surface area (Å²) in [5.74, 6) is -0.671. The lowest BCUT2D eigenvalue weighted by Crippen LogP contribution is -2.45. The van der Waals surface area contributed by atoms with Crippen molar-refractivity contribution in [1.29, 1.82) is 0 Å². The number of amides is 2. The molecule has 0 unspecified atom stereocenters. The van der Waals surface area contributed by atoms with Crippen LogP contribution in [-0.4, -0.2) is 46.0 Å². The number of hydrogen-bond acceptors (Lipinski definition) is 5. The van der Waals surface area contributed by atoms with Crippen LogP contribution in [0.25, 0.3) is 0 Å². The van der Waals surface area contributed by atoms with Gasteiger partial charge in [-0.2, -0.15) is 0 Å². The molecule has 144 valence electrons. The van der Waals surface area contributed by atoms with Gasteiger partial charge in [-0.15, -0.1) is 0 Å². The number of hydrogen-bond donors (Lipinski definition) is 3. The van der Waals surface area contributed by atoms with Crippen LogP contribution in [-0.2, 0) is 14.8 Å². The second-order valence-corrected chi connectivity index (χ2v) is 7.93. The number of nitrogens with one attached hydrogen (secondary N) is 3. The van der Waals surface area contributed by atoms with E-state index in [1.807, 2.05) is 6.92 Å². The summed E-state index contributed by atoms with van der Waals surface area (Å²) in [5.41, 5.74) is 0.136. The standard InChI is InChI=1S/C17H25N3O5S/c1-4-9-18-16(21)11(2)19-17(22)12-5-8-14(25-3)15(10-12)26(23,24)20-13-6-7-13/h5,8,10-11,13,20H,4,6-7,9H2,1-3H3,(H,18,21)(H,19,22)/t11-/m1/s1. The normalized spacial score (nSPS) is 15.2. The molecule has 2 amide bonds. The van der Waals surface area contributed by atoms with Gasteiger partial charge >= 0.3 is 0 Å². The van der Waals surface area contributed by atoms with Crippen LogP contribution in [0.2, 0.25) is 0 Å². The van der Waals surface area contributed by atoms with Crippen molar-refractivity contribution in [3.8, 4) is 5.75 Å². The topological polar surface area (TPSA) is 114 Å². The minimum Gasteiger partial charge on any atom is -0.495 e. The molecule has 1 aliphatic carbocycles. The summed E-state index contributed by atoms with van der Waals surface area (Å²) < 4.78 is 32.7. The molecule has 0 aromatic heterocycles. The molecule has 1 aromatic rings. The van der Waals surface area contributed by atoms with Gasteiger partial charge in [-0.3, -0.25) is 9.59 Å². The van der Waals surface area contributed by atoms with E-state index in [4.69, 9.17) is 4.74 Å². The highest BCUT2D eigenvalue weighted by atomic mass is 32.2. The summed E-state index contributed by atoms with van der Waals surface area (Å²) in [7, 11) is -2.42. The average Bonchev–Trinajstić information content (AvgIpc) is 3.42. The van der Waals surface area contributed by atoms with Crippen LogP contribution in [0.5, 0.6) is 5.75 Å². The van der Waals surface area contributed by atoms with Crippen LogP contribution < -0.4 is 20.1 Å². The number of methoxy groups -OCH3 is 1. The quantitative estimate of drug-likeness (QED) is 0.583. The fourth-order valence-electron chi connectivity index (χ4n) is 2.26. The van der Waals surface area contributed by atoms with Crippen LogP contribution >= 0.6 is 0 Å². The number of ether oxygens (including phenoxy) is 1.